The van der Waals surface area contributed by atoms with Gasteiger partial charge in [-0.15, -0.1) is 0 Å². The van der Waals surface area contributed by atoms with Gasteiger partial charge in [0, 0.05) is 24.1 Å². The molecule has 0 fully saturated rings. The fourth-order valence-electron chi connectivity index (χ4n) is 3.41. The highest BCUT2D eigenvalue weighted by molar-refractivity contribution is 5.87. The Labute approximate surface area is 194 Å². The Bertz CT molecular complexity index is 977. The van der Waals surface area contributed by atoms with E-state index in [1.807, 2.05) is 31.2 Å². The summed E-state index contributed by atoms with van der Waals surface area (Å²) >= 11 is 0. The van der Waals surface area contributed by atoms with Gasteiger partial charge in [0.05, 0.1) is 25.8 Å². The lowest BCUT2D eigenvalue weighted by molar-refractivity contribution is -0.138. The van der Waals surface area contributed by atoms with Crippen LogP contribution in [0.4, 0.5) is 11.8 Å². The Morgan fingerprint density at radius 1 is 1.24 bits per heavy atom. The minimum Gasteiger partial charge on any atom is -0.496 e. The van der Waals surface area contributed by atoms with Crippen molar-refractivity contribution in [3.8, 4) is 5.75 Å². The Morgan fingerprint density at radius 2 is 2.00 bits per heavy atom. The highest BCUT2D eigenvalue weighted by Crippen LogP contribution is 2.28. The molecule has 9 heteroatoms. The predicted molar refractivity (Wildman–Crippen MR) is 127 cm³/mol. The number of carbonyl (C=O) groups is 2. The first kappa shape index (κ1) is 25.6. The number of nitrogens with one attached hydrogen (secondary N) is 1. The van der Waals surface area contributed by atoms with Crippen LogP contribution in [0.3, 0.4) is 0 Å². The summed E-state index contributed by atoms with van der Waals surface area (Å²) in [5.41, 5.74) is 7.95. The maximum absolute atomic E-state index is 11.9. The summed E-state index contributed by atoms with van der Waals surface area (Å²) < 4.78 is 10.5. The van der Waals surface area contributed by atoms with E-state index in [4.69, 9.17) is 15.2 Å². The first-order valence-corrected chi connectivity index (χ1v) is 11.0. The van der Waals surface area contributed by atoms with E-state index in [0.717, 1.165) is 18.4 Å². The summed E-state index contributed by atoms with van der Waals surface area (Å²) in [6.07, 6.45) is 5.59. The van der Waals surface area contributed by atoms with Crippen LogP contribution in [0.15, 0.2) is 30.3 Å². The lowest BCUT2D eigenvalue weighted by Gasteiger charge is -2.21. The number of aliphatic carboxylic acids is 1. The first-order valence-electron chi connectivity index (χ1n) is 11.0. The molecule has 0 bridgehead atoms. The molecule has 0 spiro atoms. The highest BCUT2D eigenvalue weighted by Gasteiger charge is 2.20. The van der Waals surface area contributed by atoms with Gasteiger partial charge in [0.15, 0.2) is 0 Å². The van der Waals surface area contributed by atoms with Gasteiger partial charge in [-0.05, 0) is 31.1 Å². The standard InChI is InChI=1S/C24H32N4O5/c1-4-6-10-17(15-21(29)30)26-23-18(14-16-9-7-8-11-20(16)32-3)19(27-24(25)28-23)12-13-22(31)33-5-2/h7-9,11-13,17H,4-6,10,14-15H2,1-3H3,(H,29,30)(H3,25,26,27,28)/b13-12+/t17-/m0/s1. The Hall–Kier alpha value is -3.62. The fraction of sp³-hybridized carbons (Fsp3) is 0.417. The van der Waals surface area contributed by atoms with Crippen molar-refractivity contribution in [1.82, 2.24) is 9.97 Å². The summed E-state index contributed by atoms with van der Waals surface area (Å²) in [6, 6.07) is 7.20. The third-order valence-corrected chi connectivity index (χ3v) is 4.95. The Morgan fingerprint density at radius 3 is 2.67 bits per heavy atom. The molecule has 1 aromatic carbocycles. The van der Waals surface area contributed by atoms with Crippen LogP contribution in [0.2, 0.25) is 0 Å². The second kappa shape index (κ2) is 13.0. The molecule has 33 heavy (non-hydrogen) atoms. The van der Waals surface area contributed by atoms with Gasteiger partial charge < -0.3 is 25.6 Å². The van der Waals surface area contributed by atoms with Gasteiger partial charge in [-0.1, -0.05) is 38.0 Å². The molecular weight excluding hydrogens is 424 g/mol. The van der Waals surface area contributed by atoms with Gasteiger partial charge >= 0.3 is 11.9 Å². The van der Waals surface area contributed by atoms with Crippen molar-refractivity contribution in [3.05, 3.63) is 47.2 Å². The number of para-hydroxylation sites is 1. The largest absolute Gasteiger partial charge is 0.496 e. The third kappa shape index (κ3) is 8.10. The summed E-state index contributed by atoms with van der Waals surface area (Å²) in [5.74, 6) is -0.277. The number of carboxylic acid groups (broad SMARTS) is 1. The number of hydrogen-bond donors (Lipinski definition) is 3. The molecule has 2 aromatic rings. The molecule has 4 N–H and O–H groups in total. The molecule has 0 radical (unpaired) electrons. The molecule has 0 saturated carbocycles. The Kier molecular flexibility index (Phi) is 10.1. The molecule has 0 amide bonds. The molecule has 1 atom stereocenters. The van der Waals surface area contributed by atoms with E-state index in [2.05, 4.69) is 15.3 Å². The SMILES string of the molecule is CCCC[C@@H](CC(=O)O)Nc1nc(N)nc(/C=C/C(=O)OCC)c1Cc1ccccc1OC. The summed E-state index contributed by atoms with van der Waals surface area (Å²) in [4.78, 5) is 32.0. The number of carbonyl (C=O) groups excluding carboxylic acids is 1. The van der Waals surface area contributed by atoms with Crippen molar-refractivity contribution in [2.24, 2.45) is 0 Å². The summed E-state index contributed by atoms with van der Waals surface area (Å²) in [5, 5.41) is 12.6. The maximum atomic E-state index is 11.9. The monoisotopic (exact) mass is 456 g/mol. The fourth-order valence-corrected chi connectivity index (χ4v) is 3.41. The number of nitrogens with zero attached hydrogens (tertiary/aromatic N) is 2. The van der Waals surface area contributed by atoms with E-state index in [0.29, 0.717) is 35.7 Å². The molecule has 0 aliphatic rings. The summed E-state index contributed by atoms with van der Waals surface area (Å²) in [7, 11) is 1.59. The van der Waals surface area contributed by atoms with E-state index in [9.17, 15) is 14.7 Å². The number of ether oxygens (including phenoxy) is 2. The smallest absolute Gasteiger partial charge is 0.330 e. The van der Waals surface area contributed by atoms with Crippen molar-refractivity contribution >= 4 is 29.8 Å². The van der Waals surface area contributed by atoms with Crippen molar-refractivity contribution in [1.29, 1.82) is 0 Å². The van der Waals surface area contributed by atoms with E-state index in [-0.39, 0.29) is 25.0 Å². The van der Waals surface area contributed by atoms with Crippen LogP contribution < -0.4 is 15.8 Å². The van der Waals surface area contributed by atoms with Crippen LogP contribution in [0.5, 0.6) is 5.75 Å². The molecule has 178 valence electrons. The van der Waals surface area contributed by atoms with E-state index in [1.54, 1.807) is 14.0 Å². The van der Waals surface area contributed by atoms with Gasteiger partial charge in [-0.25, -0.2) is 9.78 Å². The second-order valence-electron chi connectivity index (χ2n) is 7.45. The van der Waals surface area contributed by atoms with Crippen molar-refractivity contribution in [3.63, 3.8) is 0 Å². The average molecular weight is 457 g/mol. The number of aromatic nitrogens is 2. The quantitative estimate of drug-likeness (QED) is 0.304. The predicted octanol–water partition coefficient (Wildman–Crippen LogP) is 3.68. The topological polar surface area (TPSA) is 137 Å². The van der Waals surface area contributed by atoms with Gasteiger partial charge in [-0.2, -0.15) is 4.98 Å². The van der Waals surface area contributed by atoms with Crippen LogP contribution >= 0.6 is 0 Å². The molecule has 1 aromatic heterocycles. The minimum absolute atomic E-state index is 0.00866. The van der Waals surface area contributed by atoms with Crippen LogP contribution in [-0.4, -0.2) is 46.8 Å². The number of hydrogen-bond acceptors (Lipinski definition) is 8. The second-order valence-corrected chi connectivity index (χ2v) is 7.45. The number of esters is 1. The molecule has 2 rings (SSSR count). The molecule has 1 heterocycles. The maximum Gasteiger partial charge on any atom is 0.330 e. The molecule has 0 aliphatic carbocycles. The molecule has 9 nitrogen and oxygen atoms in total. The number of carboxylic acids is 1. The highest BCUT2D eigenvalue weighted by atomic mass is 16.5. The van der Waals surface area contributed by atoms with Crippen LogP contribution in [0.1, 0.15) is 56.4 Å². The molecule has 0 unspecified atom stereocenters. The normalized spacial score (nSPS) is 11.8. The number of anilines is 2. The van der Waals surface area contributed by atoms with E-state index >= 15 is 0 Å². The van der Waals surface area contributed by atoms with Gasteiger partial charge in [0.1, 0.15) is 11.6 Å². The number of nitrogens with two attached hydrogens (primary N) is 1. The number of nitrogen functional groups attached to an aromatic ring is 1. The zero-order chi connectivity index (χ0) is 24.2. The average Bonchev–Trinajstić information content (AvgIpc) is 2.78. The lowest BCUT2D eigenvalue weighted by atomic mass is 10.0. The van der Waals surface area contributed by atoms with Crippen molar-refractivity contribution in [2.75, 3.05) is 24.8 Å². The van der Waals surface area contributed by atoms with Gasteiger partial charge in [0.2, 0.25) is 5.95 Å². The zero-order valence-corrected chi connectivity index (χ0v) is 19.3. The first-order chi connectivity index (χ1) is 15.9. The van der Waals surface area contributed by atoms with E-state index in [1.165, 1.54) is 12.2 Å². The number of rotatable bonds is 13. The molecule has 0 aliphatic heterocycles. The number of methoxy groups -OCH3 is 1. The summed E-state index contributed by atoms with van der Waals surface area (Å²) in [6.45, 7) is 4.03. The zero-order valence-electron chi connectivity index (χ0n) is 19.3. The van der Waals surface area contributed by atoms with Gasteiger partial charge in [-0.3, -0.25) is 4.79 Å². The van der Waals surface area contributed by atoms with Crippen LogP contribution in [0.25, 0.3) is 6.08 Å². The lowest BCUT2D eigenvalue weighted by Crippen LogP contribution is -2.25. The minimum atomic E-state index is -0.903. The Balaban J connectivity index is 2.53. The molecular formula is C24H32N4O5. The van der Waals surface area contributed by atoms with Crippen molar-refractivity contribution in [2.45, 2.75) is 52.0 Å². The number of unbranched alkanes of at least 4 members (excludes halogenated alkanes) is 1. The van der Waals surface area contributed by atoms with Crippen LogP contribution in [-0.2, 0) is 20.7 Å². The van der Waals surface area contributed by atoms with Crippen LogP contribution in [0, 0.1) is 0 Å². The van der Waals surface area contributed by atoms with Gasteiger partial charge in [0.25, 0.3) is 0 Å². The third-order valence-electron chi connectivity index (χ3n) is 4.95. The van der Waals surface area contributed by atoms with E-state index < -0.39 is 11.9 Å². The van der Waals surface area contributed by atoms with Crippen molar-refractivity contribution < 1.29 is 24.2 Å². The number of benzene rings is 1. The molecule has 0 saturated heterocycles.